The second kappa shape index (κ2) is 10.7. The number of ether oxygens (including phenoxy) is 1. The van der Waals surface area contributed by atoms with Crippen LogP contribution in [0.4, 0.5) is 0 Å². The Balaban J connectivity index is 1.18. The Hall–Kier alpha value is -2.70. The first-order chi connectivity index (χ1) is 15.6. The van der Waals surface area contributed by atoms with Crippen LogP contribution in [0, 0.1) is 0 Å². The Bertz CT molecular complexity index is 1090. The number of carbonyl (C=O) groups excluding carboxylic acids is 2. The van der Waals surface area contributed by atoms with E-state index in [1.54, 1.807) is 0 Å². The maximum Gasteiger partial charge on any atom is 0.258 e. The molecule has 3 aromatic rings. The highest BCUT2D eigenvalue weighted by Crippen LogP contribution is 2.33. The zero-order valence-corrected chi connectivity index (χ0v) is 19.2. The number of nitrogens with one attached hydrogen (secondary N) is 2. The molecule has 2 amide bonds. The largest absolute Gasteiger partial charge is 0.484 e. The summed E-state index contributed by atoms with van der Waals surface area (Å²) in [5, 5.41) is 8.61. The normalized spacial score (nSPS) is 13.0. The quantitative estimate of drug-likeness (QED) is 0.427. The molecular weight excluding hydrogens is 444 g/mol. The number of rotatable bonds is 10. The average Bonchev–Trinajstić information content (AvgIpc) is 3.61. The first-order valence-electron chi connectivity index (χ1n) is 10.7. The minimum absolute atomic E-state index is 0.0133. The van der Waals surface area contributed by atoms with Gasteiger partial charge in [0, 0.05) is 27.9 Å². The highest BCUT2D eigenvalue weighted by atomic mass is 35.5. The number of thioether (sulfide) groups is 1. The van der Waals surface area contributed by atoms with Crippen molar-refractivity contribution in [3.63, 3.8) is 0 Å². The van der Waals surface area contributed by atoms with Gasteiger partial charge < -0.3 is 15.4 Å². The molecule has 5 nitrogen and oxygen atoms in total. The summed E-state index contributed by atoms with van der Waals surface area (Å²) < 4.78 is 5.51. The molecule has 0 atom stereocenters. The number of hydrogen-bond acceptors (Lipinski definition) is 4. The second-order valence-corrected chi connectivity index (χ2v) is 9.18. The van der Waals surface area contributed by atoms with Crippen molar-refractivity contribution in [1.29, 1.82) is 0 Å². The number of fused-ring (bicyclic) bond motifs is 1. The molecule has 0 aliphatic heterocycles. The molecule has 0 aromatic heterocycles. The van der Waals surface area contributed by atoms with Gasteiger partial charge in [-0.3, -0.25) is 9.59 Å². The topological polar surface area (TPSA) is 67.4 Å². The van der Waals surface area contributed by atoms with Crippen molar-refractivity contribution < 1.29 is 14.3 Å². The Kier molecular flexibility index (Phi) is 7.55. The van der Waals surface area contributed by atoms with Gasteiger partial charge >= 0.3 is 0 Å². The SMILES string of the molecule is O=C(CSc1cccc2cccc(Cl)c12)NCCc1ccc(OCC(=O)NC2CC2)cc1. The maximum absolute atomic E-state index is 12.3. The second-order valence-electron chi connectivity index (χ2n) is 7.76. The third-order valence-electron chi connectivity index (χ3n) is 5.15. The van der Waals surface area contributed by atoms with Crippen molar-refractivity contribution in [3.05, 3.63) is 71.2 Å². The van der Waals surface area contributed by atoms with Crippen LogP contribution in [0.25, 0.3) is 10.8 Å². The van der Waals surface area contributed by atoms with Gasteiger partial charge in [0.15, 0.2) is 6.61 Å². The third kappa shape index (κ3) is 6.40. The fraction of sp³-hybridized carbons (Fsp3) is 0.280. The van der Waals surface area contributed by atoms with Crippen LogP contribution >= 0.6 is 23.4 Å². The summed E-state index contributed by atoms with van der Waals surface area (Å²) in [6.07, 6.45) is 2.85. The predicted molar refractivity (Wildman–Crippen MR) is 129 cm³/mol. The van der Waals surface area contributed by atoms with E-state index in [1.807, 2.05) is 60.7 Å². The van der Waals surface area contributed by atoms with E-state index in [0.29, 0.717) is 29.1 Å². The van der Waals surface area contributed by atoms with Gasteiger partial charge in [-0.25, -0.2) is 0 Å². The molecule has 0 saturated heterocycles. The van der Waals surface area contributed by atoms with E-state index in [4.69, 9.17) is 16.3 Å². The van der Waals surface area contributed by atoms with Gasteiger partial charge in [0.1, 0.15) is 5.75 Å². The van der Waals surface area contributed by atoms with E-state index in [1.165, 1.54) is 11.8 Å². The summed E-state index contributed by atoms with van der Waals surface area (Å²) >= 11 is 7.84. The van der Waals surface area contributed by atoms with Crippen LogP contribution in [0.2, 0.25) is 5.02 Å². The lowest BCUT2D eigenvalue weighted by Crippen LogP contribution is -2.30. The summed E-state index contributed by atoms with van der Waals surface area (Å²) in [5.41, 5.74) is 1.09. The highest BCUT2D eigenvalue weighted by molar-refractivity contribution is 8.00. The number of halogens is 1. The molecule has 166 valence electrons. The van der Waals surface area contributed by atoms with Crippen LogP contribution in [0.1, 0.15) is 18.4 Å². The van der Waals surface area contributed by atoms with E-state index in [-0.39, 0.29) is 18.4 Å². The van der Waals surface area contributed by atoms with Crippen molar-refractivity contribution in [2.24, 2.45) is 0 Å². The lowest BCUT2D eigenvalue weighted by molar-refractivity contribution is -0.123. The van der Waals surface area contributed by atoms with Gasteiger partial charge in [-0.1, -0.05) is 48.0 Å². The van der Waals surface area contributed by atoms with Crippen LogP contribution < -0.4 is 15.4 Å². The molecule has 4 rings (SSSR count). The third-order valence-corrected chi connectivity index (χ3v) is 6.52. The van der Waals surface area contributed by atoms with Crippen LogP contribution in [0.15, 0.2) is 65.6 Å². The minimum Gasteiger partial charge on any atom is -0.484 e. The fourth-order valence-electron chi connectivity index (χ4n) is 3.32. The monoisotopic (exact) mass is 468 g/mol. The highest BCUT2D eigenvalue weighted by Gasteiger charge is 2.23. The Labute approximate surface area is 196 Å². The van der Waals surface area contributed by atoms with E-state index < -0.39 is 0 Å². The summed E-state index contributed by atoms with van der Waals surface area (Å²) in [7, 11) is 0. The smallest absolute Gasteiger partial charge is 0.258 e. The first-order valence-corrected chi connectivity index (χ1v) is 12.0. The molecule has 2 N–H and O–H groups in total. The van der Waals surface area contributed by atoms with Crippen LogP contribution in [-0.4, -0.2) is 36.8 Å². The lowest BCUT2D eigenvalue weighted by atomic mass is 10.1. The molecular formula is C25H25ClN2O3S. The molecule has 0 bridgehead atoms. The molecule has 1 aliphatic carbocycles. The van der Waals surface area contributed by atoms with Gasteiger partial charge in [-0.05, 0) is 54.5 Å². The zero-order valence-electron chi connectivity index (χ0n) is 17.6. The van der Waals surface area contributed by atoms with Gasteiger partial charge in [-0.15, -0.1) is 11.8 Å². The van der Waals surface area contributed by atoms with Crippen LogP contribution in [0.5, 0.6) is 5.75 Å². The Morgan fingerprint density at radius 1 is 1.00 bits per heavy atom. The lowest BCUT2D eigenvalue weighted by Gasteiger charge is -2.09. The van der Waals surface area contributed by atoms with Crippen molar-refractivity contribution in [3.8, 4) is 5.75 Å². The molecule has 0 unspecified atom stereocenters. The zero-order chi connectivity index (χ0) is 22.3. The van der Waals surface area contributed by atoms with Crippen molar-refractivity contribution in [1.82, 2.24) is 10.6 Å². The maximum atomic E-state index is 12.3. The Morgan fingerprint density at radius 2 is 1.75 bits per heavy atom. The standard InChI is InChI=1S/C25H25ClN2O3S/c26-21-5-1-3-18-4-2-6-22(25(18)21)32-16-24(30)27-14-13-17-7-11-20(12-8-17)31-15-23(29)28-19-9-10-19/h1-8,11-12,19H,9-10,13-16H2,(H,27,30)(H,28,29). The number of carbonyl (C=O) groups is 2. The number of hydrogen-bond donors (Lipinski definition) is 2. The predicted octanol–water partition coefficient (Wildman–Crippen LogP) is 4.60. The summed E-state index contributed by atoms with van der Waals surface area (Å²) in [5.74, 6) is 0.900. The minimum atomic E-state index is -0.0806. The Morgan fingerprint density at radius 3 is 2.50 bits per heavy atom. The molecule has 32 heavy (non-hydrogen) atoms. The molecule has 0 spiro atoms. The van der Waals surface area contributed by atoms with E-state index in [0.717, 1.165) is 40.5 Å². The van der Waals surface area contributed by atoms with Gasteiger partial charge in [-0.2, -0.15) is 0 Å². The summed E-state index contributed by atoms with van der Waals surface area (Å²) in [6.45, 7) is 0.588. The van der Waals surface area contributed by atoms with Crippen molar-refractivity contribution in [2.45, 2.75) is 30.2 Å². The average molecular weight is 469 g/mol. The molecule has 0 radical (unpaired) electrons. The summed E-state index contributed by atoms with van der Waals surface area (Å²) in [4.78, 5) is 25.0. The van der Waals surface area contributed by atoms with E-state index >= 15 is 0 Å². The van der Waals surface area contributed by atoms with Crippen molar-refractivity contribution >= 4 is 45.9 Å². The van der Waals surface area contributed by atoms with Crippen molar-refractivity contribution in [2.75, 3.05) is 18.9 Å². The molecule has 1 aliphatic rings. The summed E-state index contributed by atoms with van der Waals surface area (Å²) in [6, 6.07) is 19.7. The van der Waals surface area contributed by atoms with E-state index in [9.17, 15) is 9.59 Å². The molecule has 0 heterocycles. The number of amides is 2. The van der Waals surface area contributed by atoms with Gasteiger partial charge in [0.2, 0.25) is 5.91 Å². The molecule has 7 heteroatoms. The first kappa shape index (κ1) is 22.5. The fourth-order valence-corrected chi connectivity index (χ4v) is 4.60. The van der Waals surface area contributed by atoms with Crippen LogP contribution in [-0.2, 0) is 16.0 Å². The number of benzene rings is 3. The van der Waals surface area contributed by atoms with Crippen LogP contribution in [0.3, 0.4) is 0 Å². The van der Waals surface area contributed by atoms with Gasteiger partial charge in [0.25, 0.3) is 5.91 Å². The van der Waals surface area contributed by atoms with E-state index in [2.05, 4.69) is 10.6 Å². The molecule has 3 aromatic carbocycles. The molecule has 1 fully saturated rings. The molecule has 1 saturated carbocycles. The van der Waals surface area contributed by atoms with Gasteiger partial charge in [0.05, 0.1) is 5.75 Å².